The van der Waals surface area contributed by atoms with Crippen LogP contribution in [0.5, 0.6) is 0 Å². The van der Waals surface area contributed by atoms with Gasteiger partial charge in [0.15, 0.2) is 5.41 Å². The molecule has 154 valence electrons. The molecule has 1 aromatic rings. The number of nitrogens with zero attached hydrogens (tertiary/aromatic N) is 4. The number of rotatable bonds is 2. The van der Waals surface area contributed by atoms with Crippen molar-refractivity contribution in [2.45, 2.75) is 32.0 Å². The second-order valence-corrected chi connectivity index (χ2v) is 7.81. The Bertz CT molecular complexity index is 1030. The van der Waals surface area contributed by atoms with Gasteiger partial charge in [0, 0.05) is 31.0 Å². The summed E-state index contributed by atoms with van der Waals surface area (Å²) >= 11 is 0. The molecule has 0 saturated carbocycles. The lowest BCUT2D eigenvalue weighted by Crippen LogP contribution is -2.49. The molecule has 0 spiro atoms. The average molecular weight is 411 g/mol. The van der Waals surface area contributed by atoms with Crippen LogP contribution < -0.4 is 5.73 Å². The predicted octanol–water partition coefficient (Wildman–Crippen LogP) is 3.84. The SMILES string of the molecule is CC(C)N1CC=C2C(C#N)=C(N)C(C#N)(C#N)[C@@H](c3ccccc3C(F)(F)F)[C@H]2C1. The number of nitriles is 3. The molecular weight excluding hydrogens is 391 g/mol. The lowest BCUT2D eigenvalue weighted by molar-refractivity contribution is -0.138. The summed E-state index contributed by atoms with van der Waals surface area (Å²) in [5.41, 5.74) is 3.25. The molecule has 1 heterocycles. The van der Waals surface area contributed by atoms with Gasteiger partial charge in [-0.3, -0.25) is 4.90 Å². The Morgan fingerprint density at radius 3 is 2.33 bits per heavy atom. The molecule has 5 nitrogen and oxygen atoms in total. The molecule has 1 aliphatic carbocycles. The molecule has 0 bridgehead atoms. The van der Waals surface area contributed by atoms with E-state index in [0.717, 1.165) is 6.07 Å². The molecule has 2 atom stereocenters. The van der Waals surface area contributed by atoms with Crippen LogP contribution in [0.15, 0.2) is 47.2 Å². The van der Waals surface area contributed by atoms with Crippen molar-refractivity contribution in [3.05, 3.63) is 58.3 Å². The molecule has 2 aliphatic rings. The zero-order valence-electron chi connectivity index (χ0n) is 16.5. The van der Waals surface area contributed by atoms with E-state index >= 15 is 0 Å². The van der Waals surface area contributed by atoms with Gasteiger partial charge in [0.1, 0.15) is 6.07 Å². The van der Waals surface area contributed by atoms with Gasteiger partial charge in [-0.05, 0) is 31.1 Å². The highest BCUT2D eigenvalue weighted by atomic mass is 19.4. The average Bonchev–Trinajstić information content (AvgIpc) is 2.72. The molecule has 1 aliphatic heterocycles. The number of nitrogens with two attached hydrogens (primary N) is 1. The number of alkyl halides is 3. The molecule has 2 N–H and O–H groups in total. The van der Waals surface area contributed by atoms with Crippen LogP contribution in [0, 0.1) is 45.3 Å². The van der Waals surface area contributed by atoms with E-state index in [1.807, 2.05) is 37.0 Å². The number of fused-ring (bicyclic) bond motifs is 1. The zero-order valence-corrected chi connectivity index (χ0v) is 16.5. The first-order valence-corrected chi connectivity index (χ1v) is 9.45. The molecule has 0 unspecified atom stereocenters. The fraction of sp³-hybridized carbons (Fsp3) is 0.409. The van der Waals surface area contributed by atoms with Crippen molar-refractivity contribution in [1.29, 1.82) is 15.8 Å². The number of hydrogen-bond donors (Lipinski definition) is 1. The lowest BCUT2D eigenvalue weighted by Gasteiger charge is -2.46. The normalized spacial score (nSPS) is 23.8. The summed E-state index contributed by atoms with van der Waals surface area (Å²) in [6.45, 7) is 4.72. The van der Waals surface area contributed by atoms with E-state index in [1.165, 1.54) is 18.2 Å². The first-order valence-electron chi connectivity index (χ1n) is 9.45. The first kappa shape index (κ1) is 21.4. The summed E-state index contributed by atoms with van der Waals surface area (Å²) in [5, 5.41) is 29.7. The van der Waals surface area contributed by atoms with E-state index in [4.69, 9.17) is 5.73 Å². The number of allylic oxidation sites excluding steroid dienone is 2. The number of halogens is 3. The van der Waals surface area contributed by atoms with Crippen molar-refractivity contribution in [3.63, 3.8) is 0 Å². The highest BCUT2D eigenvalue weighted by Crippen LogP contribution is 2.55. The largest absolute Gasteiger partial charge is 0.416 e. The Balaban J connectivity index is 2.38. The first-order chi connectivity index (χ1) is 14.1. The van der Waals surface area contributed by atoms with Gasteiger partial charge >= 0.3 is 6.18 Å². The minimum atomic E-state index is -4.67. The molecule has 0 radical (unpaired) electrons. The van der Waals surface area contributed by atoms with Gasteiger partial charge in [0.2, 0.25) is 0 Å². The smallest absolute Gasteiger partial charge is 0.399 e. The maximum atomic E-state index is 13.8. The fourth-order valence-corrected chi connectivity index (χ4v) is 4.49. The van der Waals surface area contributed by atoms with Crippen molar-refractivity contribution in [1.82, 2.24) is 4.90 Å². The predicted molar refractivity (Wildman–Crippen MR) is 103 cm³/mol. The second-order valence-electron chi connectivity index (χ2n) is 7.81. The maximum Gasteiger partial charge on any atom is 0.416 e. The van der Waals surface area contributed by atoms with Gasteiger partial charge in [0.25, 0.3) is 0 Å². The molecule has 0 fully saturated rings. The summed E-state index contributed by atoms with van der Waals surface area (Å²) in [5.74, 6) is -1.83. The van der Waals surface area contributed by atoms with Gasteiger partial charge in [-0.15, -0.1) is 0 Å². The van der Waals surface area contributed by atoms with Crippen LogP contribution in [0.2, 0.25) is 0 Å². The Morgan fingerprint density at radius 1 is 1.17 bits per heavy atom. The van der Waals surface area contributed by atoms with Crippen molar-refractivity contribution >= 4 is 0 Å². The summed E-state index contributed by atoms with van der Waals surface area (Å²) in [6, 6.07) is 10.8. The van der Waals surface area contributed by atoms with Gasteiger partial charge in [0.05, 0.1) is 29.0 Å². The van der Waals surface area contributed by atoms with Gasteiger partial charge in [-0.25, -0.2) is 0 Å². The second kappa shape index (κ2) is 7.52. The van der Waals surface area contributed by atoms with E-state index in [2.05, 4.69) is 0 Å². The van der Waals surface area contributed by atoms with Gasteiger partial charge in [-0.1, -0.05) is 24.3 Å². The summed E-state index contributed by atoms with van der Waals surface area (Å²) in [4.78, 5) is 2.04. The summed E-state index contributed by atoms with van der Waals surface area (Å²) in [6.07, 6.45) is -2.89. The minimum Gasteiger partial charge on any atom is -0.399 e. The van der Waals surface area contributed by atoms with Crippen molar-refractivity contribution in [2.75, 3.05) is 13.1 Å². The molecule has 3 rings (SSSR count). The standard InChI is InChI=1S/C22H20F3N5/c1-13(2)30-8-7-14-16(9-26)20(29)21(11-27,12-28)19(17(14)10-30)15-5-3-4-6-18(15)22(23,24)25/h3-7,13,17,19H,8,10,29H2,1-2H3/t17-,19-/m0/s1. The van der Waals surface area contributed by atoms with Crippen molar-refractivity contribution in [3.8, 4) is 18.2 Å². The third-order valence-corrected chi connectivity index (χ3v) is 6.02. The highest BCUT2D eigenvalue weighted by Gasteiger charge is 2.56. The minimum absolute atomic E-state index is 0.0206. The van der Waals surface area contributed by atoms with Crippen LogP contribution in [-0.2, 0) is 6.18 Å². The van der Waals surface area contributed by atoms with Crippen molar-refractivity contribution < 1.29 is 13.2 Å². The van der Waals surface area contributed by atoms with E-state index < -0.39 is 29.0 Å². The Kier molecular flexibility index (Phi) is 5.37. The van der Waals surface area contributed by atoms with Crippen LogP contribution >= 0.6 is 0 Å². The van der Waals surface area contributed by atoms with Crippen LogP contribution in [0.25, 0.3) is 0 Å². The molecule has 1 aromatic carbocycles. The summed E-state index contributed by atoms with van der Waals surface area (Å²) < 4.78 is 41.5. The number of benzene rings is 1. The van der Waals surface area contributed by atoms with Crippen LogP contribution in [0.3, 0.4) is 0 Å². The van der Waals surface area contributed by atoms with Crippen LogP contribution in [0.1, 0.15) is 30.9 Å². The zero-order chi connectivity index (χ0) is 22.3. The maximum absolute atomic E-state index is 13.8. The molecular formula is C22H20F3N5. The third kappa shape index (κ3) is 3.12. The monoisotopic (exact) mass is 411 g/mol. The molecule has 0 saturated heterocycles. The highest BCUT2D eigenvalue weighted by molar-refractivity contribution is 5.60. The fourth-order valence-electron chi connectivity index (χ4n) is 4.49. The third-order valence-electron chi connectivity index (χ3n) is 6.02. The van der Waals surface area contributed by atoms with Crippen LogP contribution in [0.4, 0.5) is 13.2 Å². The van der Waals surface area contributed by atoms with E-state index in [-0.39, 0.29) is 22.9 Å². The molecule has 8 heteroatoms. The van der Waals surface area contributed by atoms with Gasteiger partial charge < -0.3 is 5.73 Å². The Labute approximate surface area is 173 Å². The lowest BCUT2D eigenvalue weighted by atomic mass is 9.57. The summed E-state index contributed by atoms with van der Waals surface area (Å²) in [7, 11) is 0. The number of hydrogen-bond acceptors (Lipinski definition) is 5. The Hall–Kier alpha value is -3.28. The Morgan fingerprint density at radius 2 is 1.80 bits per heavy atom. The van der Waals surface area contributed by atoms with E-state index in [1.54, 1.807) is 6.08 Å². The van der Waals surface area contributed by atoms with Gasteiger partial charge in [-0.2, -0.15) is 29.0 Å². The topological polar surface area (TPSA) is 101 Å². The molecule has 0 amide bonds. The van der Waals surface area contributed by atoms with Crippen molar-refractivity contribution in [2.24, 2.45) is 17.1 Å². The van der Waals surface area contributed by atoms with E-state index in [9.17, 15) is 29.0 Å². The quantitative estimate of drug-likeness (QED) is 0.797. The molecule has 0 aromatic heterocycles. The van der Waals surface area contributed by atoms with Crippen LogP contribution in [-0.4, -0.2) is 24.0 Å². The van der Waals surface area contributed by atoms with E-state index in [0.29, 0.717) is 18.7 Å². The molecule has 30 heavy (non-hydrogen) atoms.